The Labute approximate surface area is 154 Å². The van der Waals surface area contributed by atoms with Crippen molar-refractivity contribution >= 4 is 17.5 Å². The van der Waals surface area contributed by atoms with Crippen LogP contribution < -0.4 is 10.6 Å². The average molecular weight is 347 g/mol. The minimum absolute atomic E-state index is 0.516. The highest BCUT2D eigenvalue weighted by molar-refractivity contribution is 5.63. The van der Waals surface area contributed by atoms with E-state index in [1.807, 2.05) is 6.07 Å². The number of aromatic nitrogens is 3. The number of benzene rings is 2. The van der Waals surface area contributed by atoms with Gasteiger partial charge in [0.2, 0.25) is 5.95 Å². The number of aryl methyl sites for hydroxylation is 3. The number of hydrogen-bond acceptors (Lipinski definition) is 5. The Kier molecular flexibility index (Phi) is 6.14. The highest BCUT2D eigenvalue weighted by Crippen LogP contribution is 2.23. The van der Waals surface area contributed by atoms with Crippen LogP contribution in [0.1, 0.15) is 30.0 Å². The monoisotopic (exact) mass is 347 g/mol. The molecule has 0 saturated heterocycles. The summed E-state index contributed by atoms with van der Waals surface area (Å²) in [5.41, 5.74) is 4.84. The number of anilines is 3. The molecule has 3 aromatic rings. The topological polar surface area (TPSA) is 62.7 Å². The molecule has 0 fully saturated rings. The van der Waals surface area contributed by atoms with E-state index in [1.165, 1.54) is 16.7 Å². The second-order valence-electron chi connectivity index (χ2n) is 6.27. The summed E-state index contributed by atoms with van der Waals surface area (Å²) in [5.74, 6) is 1.25. The van der Waals surface area contributed by atoms with E-state index in [0.29, 0.717) is 5.95 Å². The normalized spacial score (nSPS) is 10.5. The summed E-state index contributed by atoms with van der Waals surface area (Å²) in [6, 6.07) is 16.8. The van der Waals surface area contributed by atoms with Gasteiger partial charge in [0.25, 0.3) is 0 Å². The van der Waals surface area contributed by atoms with Gasteiger partial charge in [0.15, 0.2) is 5.82 Å². The maximum Gasteiger partial charge on any atom is 0.249 e. The lowest BCUT2D eigenvalue weighted by molar-refractivity contribution is 0.853. The van der Waals surface area contributed by atoms with Crippen LogP contribution in [0.2, 0.25) is 0 Å². The van der Waals surface area contributed by atoms with Crippen LogP contribution >= 0.6 is 0 Å². The van der Waals surface area contributed by atoms with Crippen molar-refractivity contribution in [2.45, 2.75) is 33.1 Å². The molecule has 2 aromatic carbocycles. The van der Waals surface area contributed by atoms with E-state index in [0.717, 1.165) is 37.3 Å². The number of rotatable bonds is 8. The zero-order chi connectivity index (χ0) is 18.2. The minimum Gasteiger partial charge on any atom is -0.369 e. The van der Waals surface area contributed by atoms with Gasteiger partial charge in [-0.2, -0.15) is 10.1 Å². The van der Waals surface area contributed by atoms with Gasteiger partial charge in [-0.25, -0.2) is 0 Å². The van der Waals surface area contributed by atoms with Gasteiger partial charge in [-0.05, 0) is 42.9 Å². The number of para-hydroxylation sites is 1. The van der Waals surface area contributed by atoms with Gasteiger partial charge in [0.1, 0.15) is 0 Å². The van der Waals surface area contributed by atoms with Crippen LogP contribution in [0.15, 0.2) is 54.7 Å². The van der Waals surface area contributed by atoms with Crippen LogP contribution in [0.4, 0.5) is 17.5 Å². The highest BCUT2D eigenvalue weighted by Gasteiger charge is 2.07. The summed E-state index contributed by atoms with van der Waals surface area (Å²) < 4.78 is 0. The van der Waals surface area contributed by atoms with E-state index >= 15 is 0 Å². The molecule has 1 heterocycles. The van der Waals surface area contributed by atoms with Crippen LogP contribution in [0.5, 0.6) is 0 Å². The summed E-state index contributed by atoms with van der Waals surface area (Å²) in [7, 11) is 0. The smallest absolute Gasteiger partial charge is 0.249 e. The van der Waals surface area contributed by atoms with Gasteiger partial charge in [-0.1, -0.05) is 55.5 Å². The quantitative estimate of drug-likeness (QED) is 0.586. The van der Waals surface area contributed by atoms with Gasteiger partial charge in [-0.15, -0.1) is 5.10 Å². The lowest BCUT2D eigenvalue weighted by Crippen LogP contribution is -2.08. The molecule has 5 heteroatoms. The van der Waals surface area contributed by atoms with E-state index in [4.69, 9.17) is 0 Å². The Bertz CT molecular complexity index is 833. The molecule has 0 spiro atoms. The predicted molar refractivity (Wildman–Crippen MR) is 107 cm³/mol. The first-order chi connectivity index (χ1) is 12.8. The predicted octanol–water partition coefficient (Wildman–Crippen LogP) is 4.53. The first-order valence-electron chi connectivity index (χ1n) is 9.09. The van der Waals surface area contributed by atoms with Gasteiger partial charge < -0.3 is 10.6 Å². The van der Waals surface area contributed by atoms with Crippen molar-refractivity contribution in [2.75, 3.05) is 17.2 Å². The molecule has 0 aliphatic rings. The molecule has 0 amide bonds. The van der Waals surface area contributed by atoms with Crippen molar-refractivity contribution in [3.8, 4) is 0 Å². The lowest BCUT2D eigenvalue weighted by Gasteiger charge is -2.13. The molecule has 0 atom stereocenters. The molecule has 0 radical (unpaired) electrons. The van der Waals surface area contributed by atoms with Crippen LogP contribution in [0, 0.1) is 6.92 Å². The molecule has 0 aliphatic heterocycles. The molecule has 2 N–H and O–H groups in total. The van der Waals surface area contributed by atoms with Gasteiger partial charge in [0.05, 0.1) is 6.20 Å². The SMILES string of the molecule is CCc1cccc(C)c1Nc1nncc(NCCCc2ccccc2)n1. The fraction of sp³-hybridized carbons (Fsp3) is 0.286. The first-order valence-corrected chi connectivity index (χ1v) is 9.09. The van der Waals surface area contributed by atoms with Gasteiger partial charge >= 0.3 is 0 Å². The second-order valence-corrected chi connectivity index (χ2v) is 6.27. The van der Waals surface area contributed by atoms with E-state index < -0.39 is 0 Å². The Morgan fingerprint density at radius 1 is 1.00 bits per heavy atom. The fourth-order valence-corrected chi connectivity index (χ4v) is 2.91. The molecule has 0 saturated carbocycles. The molecule has 0 aliphatic carbocycles. The first kappa shape index (κ1) is 17.9. The van der Waals surface area contributed by atoms with Crippen LogP contribution in [0.3, 0.4) is 0 Å². The molecule has 3 rings (SSSR count). The molecule has 26 heavy (non-hydrogen) atoms. The van der Waals surface area contributed by atoms with Crippen LogP contribution in [-0.2, 0) is 12.8 Å². The Morgan fingerprint density at radius 3 is 2.65 bits per heavy atom. The second kappa shape index (κ2) is 8.94. The molecule has 0 unspecified atom stereocenters. The zero-order valence-corrected chi connectivity index (χ0v) is 15.4. The summed E-state index contributed by atoms with van der Waals surface area (Å²) in [6.45, 7) is 5.07. The summed E-state index contributed by atoms with van der Waals surface area (Å²) in [6.07, 6.45) is 4.69. The fourth-order valence-electron chi connectivity index (χ4n) is 2.91. The van der Waals surface area contributed by atoms with Crippen LogP contribution in [0.25, 0.3) is 0 Å². The van der Waals surface area contributed by atoms with E-state index in [2.05, 4.69) is 82.1 Å². The largest absolute Gasteiger partial charge is 0.369 e. The Hall–Kier alpha value is -2.95. The number of nitrogens with one attached hydrogen (secondary N) is 2. The van der Waals surface area contributed by atoms with Crippen LogP contribution in [-0.4, -0.2) is 21.7 Å². The van der Waals surface area contributed by atoms with Crippen molar-refractivity contribution < 1.29 is 0 Å². The van der Waals surface area contributed by atoms with E-state index in [9.17, 15) is 0 Å². The third-order valence-corrected chi connectivity index (χ3v) is 4.33. The van der Waals surface area contributed by atoms with Crippen molar-refractivity contribution in [3.63, 3.8) is 0 Å². The maximum absolute atomic E-state index is 4.53. The van der Waals surface area contributed by atoms with E-state index in [-0.39, 0.29) is 0 Å². The summed E-state index contributed by atoms with van der Waals surface area (Å²) >= 11 is 0. The Balaban J connectivity index is 1.58. The third kappa shape index (κ3) is 4.79. The van der Waals surface area contributed by atoms with Gasteiger partial charge in [0, 0.05) is 12.2 Å². The third-order valence-electron chi connectivity index (χ3n) is 4.33. The molecule has 134 valence electrons. The number of nitrogens with zero attached hydrogens (tertiary/aromatic N) is 3. The molecule has 5 nitrogen and oxygen atoms in total. The van der Waals surface area contributed by atoms with Crippen molar-refractivity contribution in [3.05, 3.63) is 71.4 Å². The van der Waals surface area contributed by atoms with Crippen molar-refractivity contribution in [2.24, 2.45) is 0 Å². The lowest BCUT2D eigenvalue weighted by atomic mass is 10.1. The average Bonchev–Trinajstić information content (AvgIpc) is 2.68. The molecular weight excluding hydrogens is 322 g/mol. The van der Waals surface area contributed by atoms with Crippen molar-refractivity contribution in [1.29, 1.82) is 0 Å². The molecule has 1 aromatic heterocycles. The van der Waals surface area contributed by atoms with Gasteiger partial charge in [-0.3, -0.25) is 0 Å². The maximum atomic E-state index is 4.53. The van der Waals surface area contributed by atoms with Crippen molar-refractivity contribution in [1.82, 2.24) is 15.2 Å². The molecule has 0 bridgehead atoms. The standard InChI is InChI=1S/C21H25N5/c1-3-18-13-7-9-16(2)20(18)25-21-24-19(15-23-26-21)22-14-8-12-17-10-5-4-6-11-17/h4-7,9-11,13,15H,3,8,12,14H2,1-2H3,(H2,22,24,25,26). The highest BCUT2D eigenvalue weighted by atomic mass is 15.3. The Morgan fingerprint density at radius 2 is 1.85 bits per heavy atom. The molecular formula is C21H25N5. The minimum atomic E-state index is 0.516. The summed E-state index contributed by atoms with van der Waals surface area (Å²) in [4.78, 5) is 4.53. The number of hydrogen-bond donors (Lipinski definition) is 2. The summed E-state index contributed by atoms with van der Waals surface area (Å²) in [5, 5.41) is 14.8. The van der Waals surface area contributed by atoms with E-state index in [1.54, 1.807) is 6.20 Å². The zero-order valence-electron chi connectivity index (χ0n) is 15.4.